The van der Waals surface area contributed by atoms with Crippen molar-refractivity contribution in [1.29, 1.82) is 0 Å². The third-order valence-electron chi connectivity index (χ3n) is 2.70. The van der Waals surface area contributed by atoms with Gasteiger partial charge in [-0.3, -0.25) is 24.1 Å². The van der Waals surface area contributed by atoms with Gasteiger partial charge in [0, 0.05) is 18.0 Å². The van der Waals surface area contributed by atoms with E-state index in [0.717, 1.165) is 10.3 Å². The average Bonchev–Trinajstić information content (AvgIpc) is 2.44. The predicted octanol–water partition coefficient (Wildman–Crippen LogP) is -0.444. The van der Waals surface area contributed by atoms with Gasteiger partial charge in [0.25, 0.3) is 5.56 Å². The summed E-state index contributed by atoms with van der Waals surface area (Å²) in [6.45, 7) is 1.71. The van der Waals surface area contributed by atoms with Gasteiger partial charge in [-0.15, -0.1) is 0 Å². The van der Waals surface area contributed by atoms with Gasteiger partial charge >= 0.3 is 5.69 Å². The molecule has 7 nitrogen and oxygen atoms in total. The summed E-state index contributed by atoms with van der Waals surface area (Å²) in [5.74, 6) is -0.329. The number of H-pyrrole nitrogens is 1. The zero-order valence-corrected chi connectivity index (χ0v) is 10.9. The maximum atomic E-state index is 11.7. The summed E-state index contributed by atoms with van der Waals surface area (Å²) in [5, 5.41) is 2.66. The van der Waals surface area contributed by atoms with Crippen LogP contribution in [-0.4, -0.2) is 20.4 Å². The van der Waals surface area contributed by atoms with Crippen LogP contribution < -0.4 is 16.6 Å². The van der Waals surface area contributed by atoms with E-state index in [4.69, 9.17) is 0 Å². The number of aryl methyl sites for hydroxylation is 1. The molecule has 0 radical (unpaired) electrons. The summed E-state index contributed by atoms with van der Waals surface area (Å²) >= 11 is 0. The van der Waals surface area contributed by atoms with Gasteiger partial charge in [0.2, 0.25) is 5.91 Å². The van der Waals surface area contributed by atoms with Crippen molar-refractivity contribution in [3.8, 4) is 0 Å². The minimum atomic E-state index is -0.603. The first-order valence-electron chi connectivity index (χ1n) is 6.03. The Morgan fingerprint density at radius 2 is 2.20 bits per heavy atom. The third-order valence-corrected chi connectivity index (χ3v) is 2.70. The summed E-state index contributed by atoms with van der Waals surface area (Å²) in [6.07, 6.45) is 3.00. The standard InChI is InChI=1S/C13H14N4O3/c1-9-7-17(13(20)16-12(9)19)8-11(18)15-6-10-4-2-3-5-14-10/h2-5,7H,6,8H2,1H3,(H,15,18)(H,16,19,20). The number of rotatable bonds is 4. The average molecular weight is 274 g/mol. The van der Waals surface area contributed by atoms with E-state index < -0.39 is 11.2 Å². The fraction of sp³-hybridized carbons (Fsp3) is 0.231. The number of hydrogen-bond acceptors (Lipinski definition) is 4. The molecule has 0 aliphatic heterocycles. The summed E-state index contributed by atoms with van der Waals surface area (Å²) in [4.78, 5) is 40.7. The highest BCUT2D eigenvalue weighted by molar-refractivity contribution is 5.75. The van der Waals surface area contributed by atoms with E-state index in [-0.39, 0.29) is 19.0 Å². The third kappa shape index (κ3) is 3.41. The van der Waals surface area contributed by atoms with Gasteiger partial charge in [-0.2, -0.15) is 0 Å². The lowest BCUT2D eigenvalue weighted by molar-refractivity contribution is -0.121. The number of pyridine rings is 1. The van der Waals surface area contributed by atoms with Crippen LogP contribution in [-0.2, 0) is 17.9 Å². The minimum Gasteiger partial charge on any atom is -0.349 e. The number of nitrogens with one attached hydrogen (secondary N) is 2. The number of aromatic nitrogens is 3. The molecule has 2 N–H and O–H groups in total. The van der Waals surface area contributed by atoms with Crippen molar-refractivity contribution in [1.82, 2.24) is 19.9 Å². The van der Waals surface area contributed by atoms with Gasteiger partial charge < -0.3 is 5.32 Å². The lowest BCUT2D eigenvalue weighted by atomic mass is 10.3. The summed E-state index contributed by atoms with van der Waals surface area (Å²) in [6, 6.07) is 5.40. The molecule has 1 amide bonds. The first-order valence-corrected chi connectivity index (χ1v) is 6.03. The maximum Gasteiger partial charge on any atom is 0.328 e. The molecule has 0 aromatic carbocycles. The highest BCUT2D eigenvalue weighted by atomic mass is 16.2. The van der Waals surface area contributed by atoms with Crippen LogP contribution in [0.5, 0.6) is 0 Å². The maximum absolute atomic E-state index is 11.7. The highest BCUT2D eigenvalue weighted by Crippen LogP contribution is 1.92. The van der Waals surface area contributed by atoms with Crippen molar-refractivity contribution in [2.45, 2.75) is 20.0 Å². The molecule has 0 aliphatic carbocycles. The topological polar surface area (TPSA) is 96.8 Å². The lowest BCUT2D eigenvalue weighted by Crippen LogP contribution is -2.36. The molecule has 0 spiro atoms. The molecular weight excluding hydrogens is 260 g/mol. The Balaban J connectivity index is 2.00. The smallest absolute Gasteiger partial charge is 0.328 e. The molecule has 7 heteroatoms. The number of aromatic amines is 1. The molecule has 0 atom stereocenters. The molecular formula is C13H14N4O3. The van der Waals surface area contributed by atoms with Gasteiger partial charge in [-0.25, -0.2) is 4.79 Å². The molecule has 0 bridgehead atoms. The van der Waals surface area contributed by atoms with Gasteiger partial charge in [-0.05, 0) is 19.1 Å². The number of hydrogen-bond donors (Lipinski definition) is 2. The zero-order chi connectivity index (χ0) is 14.5. The van der Waals surface area contributed by atoms with Crippen LogP contribution in [0.1, 0.15) is 11.3 Å². The Kier molecular flexibility index (Phi) is 4.09. The van der Waals surface area contributed by atoms with E-state index in [0.29, 0.717) is 5.56 Å². The normalized spacial score (nSPS) is 10.2. The van der Waals surface area contributed by atoms with E-state index in [1.54, 1.807) is 25.3 Å². The summed E-state index contributed by atoms with van der Waals surface area (Å²) in [5.41, 5.74) is 0.0571. The van der Waals surface area contributed by atoms with Crippen LogP contribution in [0, 0.1) is 6.92 Å². The van der Waals surface area contributed by atoms with Gasteiger partial charge in [0.05, 0.1) is 12.2 Å². The van der Waals surface area contributed by atoms with Gasteiger partial charge in [-0.1, -0.05) is 6.07 Å². The molecule has 0 fully saturated rings. The molecule has 0 saturated heterocycles. The van der Waals surface area contributed by atoms with Crippen molar-refractivity contribution >= 4 is 5.91 Å². The largest absolute Gasteiger partial charge is 0.349 e. The Hall–Kier alpha value is -2.70. The van der Waals surface area contributed by atoms with Crippen LogP contribution in [0.15, 0.2) is 40.2 Å². The zero-order valence-electron chi connectivity index (χ0n) is 10.9. The van der Waals surface area contributed by atoms with Crippen LogP contribution in [0.25, 0.3) is 0 Å². The molecule has 2 heterocycles. The van der Waals surface area contributed by atoms with E-state index in [9.17, 15) is 14.4 Å². The molecule has 104 valence electrons. The fourth-order valence-electron chi connectivity index (χ4n) is 1.64. The SMILES string of the molecule is Cc1cn(CC(=O)NCc2ccccn2)c(=O)[nH]c1=O. The number of carbonyl (C=O) groups excluding carboxylic acids is 1. The Morgan fingerprint density at radius 1 is 1.40 bits per heavy atom. The van der Waals surface area contributed by atoms with Crippen LogP contribution in [0.3, 0.4) is 0 Å². The Labute approximate surface area is 114 Å². The molecule has 2 aromatic rings. The monoisotopic (exact) mass is 274 g/mol. The second-order valence-electron chi connectivity index (χ2n) is 4.30. The summed E-state index contributed by atoms with van der Waals surface area (Å²) in [7, 11) is 0. The quantitative estimate of drug-likeness (QED) is 0.789. The van der Waals surface area contributed by atoms with E-state index in [1.165, 1.54) is 6.20 Å². The molecule has 20 heavy (non-hydrogen) atoms. The van der Waals surface area contributed by atoms with Crippen molar-refractivity contribution in [3.63, 3.8) is 0 Å². The van der Waals surface area contributed by atoms with Crippen LogP contribution >= 0.6 is 0 Å². The number of amides is 1. The Bertz CT molecular complexity index is 718. The first kappa shape index (κ1) is 13.7. The summed E-state index contributed by atoms with van der Waals surface area (Å²) < 4.78 is 1.16. The van der Waals surface area contributed by atoms with Crippen molar-refractivity contribution in [3.05, 3.63) is 62.7 Å². The molecule has 2 rings (SSSR count). The van der Waals surface area contributed by atoms with Gasteiger partial charge in [0.15, 0.2) is 0 Å². The molecule has 2 aromatic heterocycles. The van der Waals surface area contributed by atoms with E-state index in [2.05, 4.69) is 15.3 Å². The van der Waals surface area contributed by atoms with Crippen LogP contribution in [0.4, 0.5) is 0 Å². The second kappa shape index (κ2) is 5.96. The van der Waals surface area contributed by atoms with Crippen molar-refractivity contribution in [2.24, 2.45) is 0 Å². The van der Waals surface area contributed by atoms with Gasteiger partial charge in [0.1, 0.15) is 6.54 Å². The number of carbonyl (C=O) groups is 1. The van der Waals surface area contributed by atoms with E-state index >= 15 is 0 Å². The lowest BCUT2D eigenvalue weighted by Gasteiger charge is -2.07. The highest BCUT2D eigenvalue weighted by Gasteiger charge is 2.06. The van der Waals surface area contributed by atoms with Crippen molar-refractivity contribution < 1.29 is 4.79 Å². The second-order valence-corrected chi connectivity index (χ2v) is 4.30. The molecule has 0 unspecified atom stereocenters. The molecule has 0 aliphatic rings. The number of nitrogens with zero attached hydrogens (tertiary/aromatic N) is 2. The fourth-order valence-corrected chi connectivity index (χ4v) is 1.64. The van der Waals surface area contributed by atoms with Crippen LogP contribution in [0.2, 0.25) is 0 Å². The first-order chi connectivity index (χ1) is 9.56. The predicted molar refractivity (Wildman–Crippen MR) is 72.1 cm³/mol. The van der Waals surface area contributed by atoms with E-state index in [1.807, 2.05) is 6.07 Å². The van der Waals surface area contributed by atoms with Crippen molar-refractivity contribution in [2.75, 3.05) is 0 Å². The molecule has 0 saturated carbocycles. The Morgan fingerprint density at radius 3 is 2.90 bits per heavy atom. The minimum absolute atomic E-state index is 0.150.